The molecule has 1 atom stereocenters. The topological polar surface area (TPSA) is 57.5 Å². The van der Waals surface area contributed by atoms with E-state index in [4.69, 9.17) is 5.11 Å². The lowest BCUT2D eigenvalue weighted by Gasteiger charge is -2.10. The van der Waals surface area contributed by atoms with Gasteiger partial charge in [0.05, 0.1) is 6.10 Å². The van der Waals surface area contributed by atoms with E-state index >= 15 is 0 Å². The number of unbranched alkanes of at least 4 members (excludes halogenated alkanes) is 15. The predicted octanol–water partition coefficient (Wildman–Crippen LogP) is 8.20. The van der Waals surface area contributed by atoms with Crippen molar-refractivity contribution in [3.8, 4) is 0 Å². The zero-order chi connectivity index (χ0) is 21.4. The number of aliphatic carboxylic acids is 1. The van der Waals surface area contributed by atoms with E-state index in [0.717, 1.165) is 38.5 Å². The van der Waals surface area contributed by atoms with Crippen LogP contribution in [0, 0.1) is 0 Å². The van der Waals surface area contributed by atoms with Crippen LogP contribution in [0.25, 0.3) is 0 Å². The summed E-state index contributed by atoms with van der Waals surface area (Å²) in [5, 5.41) is 18.7. The molecule has 3 heteroatoms. The van der Waals surface area contributed by atoms with Crippen LogP contribution in [-0.2, 0) is 4.79 Å². The maximum atomic E-state index is 10.4. The Labute approximate surface area is 181 Å². The molecule has 0 heterocycles. The third kappa shape index (κ3) is 25.1. The van der Waals surface area contributed by atoms with Gasteiger partial charge in [0.25, 0.3) is 0 Å². The van der Waals surface area contributed by atoms with Crippen LogP contribution in [0.4, 0.5) is 0 Å². The summed E-state index contributed by atoms with van der Waals surface area (Å²) >= 11 is 0. The van der Waals surface area contributed by atoms with Crippen molar-refractivity contribution in [2.75, 3.05) is 0 Å². The molecule has 0 aromatic rings. The van der Waals surface area contributed by atoms with Crippen molar-refractivity contribution in [3.63, 3.8) is 0 Å². The molecule has 0 aromatic heterocycles. The molecule has 0 radical (unpaired) electrons. The lowest BCUT2D eigenvalue weighted by molar-refractivity contribution is -0.137. The highest BCUT2D eigenvalue weighted by Crippen LogP contribution is 2.15. The zero-order valence-corrected chi connectivity index (χ0v) is 19.4. The Balaban J connectivity index is 3.19. The molecule has 0 rings (SSSR count). The van der Waals surface area contributed by atoms with Gasteiger partial charge in [0.15, 0.2) is 0 Å². The molecule has 172 valence electrons. The molecule has 0 fully saturated rings. The summed E-state index contributed by atoms with van der Waals surface area (Å²) in [4.78, 5) is 10.4. The number of carboxylic acid groups (broad SMARTS) is 1. The van der Waals surface area contributed by atoms with E-state index in [-0.39, 0.29) is 6.10 Å². The smallest absolute Gasteiger partial charge is 0.303 e. The lowest BCUT2D eigenvalue weighted by Crippen LogP contribution is -2.05. The molecule has 3 nitrogen and oxygen atoms in total. The first-order valence-corrected chi connectivity index (χ1v) is 12.7. The molecule has 1 unspecified atom stereocenters. The summed E-state index contributed by atoms with van der Waals surface area (Å²) in [7, 11) is 0. The number of allylic oxidation sites excluding steroid dienone is 2. The number of hydrogen-bond acceptors (Lipinski definition) is 2. The lowest BCUT2D eigenvalue weighted by atomic mass is 10.0. The van der Waals surface area contributed by atoms with Crippen LogP contribution in [0.2, 0.25) is 0 Å². The van der Waals surface area contributed by atoms with Gasteiger partial charge in [-0.1, -0.05) is 109 Å². The molecule has 0 spiro atoms. The molecule has 0 amide bonds. The molecular formula is C26H50O3. The number of rotatable bonds is 23. The summed E-state index contributed by atoms with van der Waals surface area (Å²) in [6.45, 7) is 2.24. The van der Waals surface area contributed by atoms with Gasteiger partial charge in [0.1, 0.15) is 0 Å². The third-order valence-corrected chi connectivity index (χ3v) is 5.73. The number of aliphatic hydroxyl groups is 1. The predicted molar refractivity (Wildman–Crippen MR) is 125 cm³/mol. The van der Waals surface area contributed by atoms with Crippen LogP contribution >= 0.6 is 0 Å². The first-order valence-electron chi connectivity index (χ1n) is 12.7. The van der Waals surface area contributed by atoms with E-state index in [1.807, 2.05) is 0 Å². The molecule has 0 aliphatic heterocycles. The number of aliphatic hydroxyl groups excluding tert-OH is 1. The van der Waals surface area contributed by atoms with Gasteiger partial charge in [0.2, 0.25) is 0 Å². The molecule has 29 heavy (non-hydrogen) atoms. The van der Waals surface area contributed by atoms with Gasteiger partial charge in [-0.2, -0.15) is 0 Å². The Morgan fingerprint density at radius 1 is 0.655 bits per heavy atom. The number of carboxylic acids is 1. The Bertz CT molecular complexity index is 365. The van der Waals surface area contributed by atoms with Gasteiger partial charge < -0.3 is 10.2 Å². The first kappa shape index (κ1) is 28.2. The maximum absolute atomic E-state index is 10.4. The second-order valence-corrected chi connectivity index (χ2v) is 8.73. The summed E-state index contributed by atoms with van der Waals surface area (Å²) in [5.41, 5.74) is 0. The van der Waals surface area contributed by atoms with E-state index in [1.165, 1.54) is 89.9 Å². The Morgan fingerprint density at radius 3 is 1.55 bits per heavy atom. The van der Waals surface area contributed by atoms with Crippen molar-refractivity contribution in [1.82, 2.24) is 0 Å². The number of carbonyl (C=O) groups is 1. The molecule has 0 saturated heterocycles. The minimum Gasteiger partial charge on any atom is -0.481 e. The van der Waals surface area contributed by atoms with E-state index < -0.39 is 5.97 Å². The standard InChI is InChI=1S/C26H50O3/c1-2-3-4-5-6-7-8-9-10-11-13-16-19-22-25(27)23-20-17-14-12-15-18-21-24-26(28)29/h5-6,25,27H,2-4,7-24H2,1H3,(H,28,29)/b6-5-. The fourth-order valence-electron chi connectivity index (χ4n) is 3.77. The summed E-state index contributed by atoms with van der Waals surface area (Å²) in [6, 6.07) is 0. The highest BCUT2D eigenvalue weighted by atomic mass is 16.4. The van der Waals surface area contributed by atoms with E-state index in [0.29, 0.717) is 6.42 Å². The minimum atomic E-state index is -0.680. The molecule has 0 aliphatic rings. The molecule has 0 aromatic carbocycles. The third-order valence-electron chi connectivity index (χ3n) is 5.73. The summed E-state index contributed by atoms with van der Waals surface area (Å²) < 4.78 is 0. The largest absolute Gasteiger partial charge is 0.481 e. The van der Waals surface area contributed by atoms with Crippen molar-refractivity contribution >= 4 is 5.97 Å². The Morgan fingerprint density at radius 2 is 1.07 bits per heavy atom. The molecule has 0 saturated carbocycles. The summed E-state index contributed by atoms with van der Waals surface area (Å²) in [5.74, 6) is -0.680. The average Bonchev–Trinajstić information content (AvgIpc) is 2.70. The molecule has 0 bridgehead atoms. The van der Waals surface area contributed by atoms with Gasteiger partial charge in [0, 0.05) is 6.42 Å². The zero-order valence-electron chi connectivity index (χ0n) is 19.4. The SMILES string of the molecule is CCCC/C=C\CCCCCCCCCC(O)CCCCCCCCCC(=O)O. The molecule has 0 aliphatic carbocycles. The average molecular weight is 411 g/mol. The second-order valence-electron chi connectivity index (χ2n) is 8.73. The van der Waals surface area contributed by atoms with Gasteiger partial charge in [-0.05, 0) is 38.5 Å². The van der Waals surface area contributed by atoms with Crippen molar-refractivity contribution < 1.29 is 15.0 Å². The first-order chi connectivity index (χ1) is 14.2. The van der Waals surface area contributed by atoms with E-state index in [9.17, 15) is 9.90 Å². The van der Waals surface area contributed by atoms with Crippen LogP contribution in [0.5, 0.6) is 0 Å². The fraction of sp³-hybridized carbons (Fsp3) is 0.885. The summed E-state index contributed by atoms with van der Waals surface area (Å²) in [6.07, 6.45) is 28.8. The molecular weight excluding hydrogens is 360 g/mol. The second kappa shape index (κ2) is 23.4. The van der Waals surface area contributed by atoms with Gasteiger partial charge in [-0.3, -0.25) is 4.79 Å². The maximum Gasteiger partial charge on any atom is 0.303 e. The van der Waals surface area contributed by atoms with Crippen LogP contribution in [-0.4, -0.2) is 22.3 Å². The van der Waals surface area contributed by atoms with Crippen molar-refractivity contribution in [1.29, 1.82) is 0 Å². The quantitative estimate of drug-likeness (QED) is 0.132. The molecule has 2 N–H and O–H groups in total. The van der Waals surface area contributed by atoms with Gasteiger partial charge >= 0.3 is 5.97 Å². The van der Waals surface area contributed by atoms with Crippen LogP contribution in [0.15, 0.2) is 12.2 Å². The highest BCUT2D eigenvalue weighted by molar-refractivity contribution is 5.66. The normalized spacial score (nSPS) is 12.6. The Kier molecular flexibility index (Phi) is 22.8. The van der Waals surface area contributed by atoms with E-state index in [2.05, 4.69) is 19.1 Å². The fourth-order valence-corrected chi connectivity index (χ4v) is 3.77. The monoisotopic (exact) mass is 410 g/mol. The van der Waals surface area contributed by atoms with Crippen LogP contribution in [0.1, 0.15) is 142 Å². The van der Waals surface area contributed by atoms with Gasteiger partial charge in [-0.15, -0.1) is 0 Å². The van der Waals surface area contributed by atoms with E-state index in [1.54, 1.807) is 0 Å². The van der Waals surface area contributed by atoms with Crippen LogP contribution in [0.3, 0.4) is 0 Å². The van der Waals surface area contributed by atoms with Crippen molar-refractivity contribution in [3.05, 3.63) is 12.2 Å². The van der Waals surface area contributed by atoms with Crippen LogP contribution < -0.4 is 0 Å². The van der Waals surface area contributed by atoms with Gasteiger partial charge in [-0.25, -0.2) is 0 Å². The Hall–Kier alpha value is -0.830. The number of hydrogen-bond donors (Lipinski definition) is 2. The van der Waals surface area contributed by atoms with Crippen molar-refractivity contribution in [2.24, 2.45) is 0 Å². The highest BCUT2D eigenvalue weighted by Gasteiger charge is 2.04. The van der Waals surface area contributed by atoms with Crippen molar-refractivity contribution in [2.45, 2.75) is 148 Å². The minimum absolute atomic E-state index is 0.106.